The van der Waals surface area contributed by atoms with Crippen molar-refractivity contribution in [3.8, 4) is 0 Å². The zero-order valence-electron chi connectivity index (χ0n) is 14.7. The molecule has 2 N–H and O–H groups in total. The second-order valence-electron chi connectivity index (χ2n) is 6.21. The van der Waals surface area contributed by atoms with Crippen LogP contribution in [0.3, 0.4) is 0 Å². The summed E-state index contributed by atoms with van der Waals surface area (Å²) in [6, 6.07) is 4.14. The SMILES string of the molecule is CCCCCC(C(=O)O)C(O)CCc1cc(CC)nc(CC)c1. The molecule has 4 heteroatoms. The molecule has 0 fully saturated rings. The molecule has 0 aromatic carbocycles. The third-order valence-corrected chi connectivity index (χ3v) is 4.34. The van der Waals surface area contributed by atoms with Gasteiger partial charge in [-0.2, -0.15) is 0 Å². The van der Waals surface area contributed by atoms with E-state index in [0.29, 0.717) is 19.3 Å². The molecular formula is C19H31NO3. The number of hydrogen-bond donors (Lipinski definition) is 2. The highest BCUT2D eigenvalue weighted by molar-refractivity contribution is 5.70. The number of aliphatic hydroxyl groups is 1. The first-order valence-corrected chi connectivity index (χ1v) is 8.91. The van der Waals surface area contributed by atoms with Crippen molar-refractivity contribution >= 4 is 5.97 Å². The van der Waals surface area contributed by atoms with Gasteiger partial charge in [0.25, 0.3) is 0 Å². The number of carboxylic acid groups (broad SMARTS) is 1. The summed E-state index contributed by atoms with van der Waals surface area (Å²) in [6.07, 6.45) is 5.66. The van der Waals surface area contributed by atoms with Crippen LogP contribution in [0.1, 0.15) is 69.8 Å². The molecule has 1 rings (SSSR count). The van der Waals surface area contributed by atoms with Crippen LogP contribution in [0.25, 0.3) is 0 Å². The maximum absolute atomic E-state index is 11.4. The summed E-state index contributed by atoms with van der Waals surface area (Å²) in [5.74, 6) is -1.54. The molecule has 0 saturated carbocycles. The molecule has 4 nitrogen and oxygen atoms in total. The van der Waals surface area contributed by atoms with Crippen LogP contribution in [-0.4, -0.2) is 27.3 Å². The number of nitrogens with zero attached hydrogens (tertiary/aromatic N) is 1. The van der Waals surface area contributed by atoms with E-state index in [2.05, 4.69) is 37.9 Å². The van der Waals surface area contributed by atoms with E-state index in [1.165, 1.54) is 0 Å². The lowest BCUT2D eigenvalue weighted by Crippen LogP contribution is -2.28. The fraction of sp³-hybridized carbons (Fsp3) is 0.684. The summed E-state index contributed by atoms with van der Waals surface area (Å²) in [5.41, 5.74) is 3.27. The highest BCUT2D eigenvalue weighted by atomic mass is 16.4. The lowest BCUT2D eigenvalue weighted by molar-refractivity contribution is -0.146. The third-order valence-electron chi connectivity index (χ3n) is 4.34. The Hall–Kier alpha value is -1.42. The molecule has 2 unspecified atom stereocenters. The van der Waals surface area contributed by atoms with Crippen LogP contribution < -0.4 is 0 Å². The first kappa shape index (κ1) is 19.6. The van der Waals surface area contributed by atoms with Crippen LogP contribution in [0.15, 0.2) is 12.1 Å². The van der Waals surface area contributed by atoms with E-state index in [4.69, 9.17) is 0 Å². The zero-order valence-corrected chi connectivity index (χ0v) is 14.7. The van der Waals surface area contributed by atoms with Gasteiger partial charge in [-0.15, -0.1) is 0 Å². The normalized spacial score (nSPS) is 13.7. The summed E-state index contributed by atoms with van der Waals surface area (Å²) < 4.78 is 0. The predicted molar refractivity (Wildman–Crippen MR) is 92.6 cm³/mol. The minimum absolute atomic E-state index is 0.486. The molecule has 1 heterocycles. The van der Waals surface area contributed by atoms with Gasteiger partial charge < -0.3 is 10.2 Å². The lowest BCUT2D eigenvalue weighted by Gasteiger charge is -2.19. The summed E-state index contributed by atoms with van der Waals surface area (Å²) in [7, 11) is 0. The van der Waals surface area contributed by atoms with Gasteiger partial charge in [0.1, 0.15) is 0 Å². The van der Waals surface area contributed by atoms with Gasteiger partial charge in [0.05, 0.1) is 12.0 Å². The van der Waals surface area contributed by atoms with Gasteiger partial charge in [-0.1, -0.05) is 40.0 Å². The zero-order chi connectivity index (χ0) is 17.2. The molecule has 0 aliphatic rings. The van der Waals surface area contributed by atoms with Crippen molar-refractivity contribution in [1.29, 1.82) is 0 Å². The Bertz CT molecular complexity index is 465. The smallest absolute Gasteiger partial charge is 0.309 e. The Labute approximate surface area is 140 Å². The van der Waals surface area contributed by atoms with E-state index in [1.807, 2.05) is 0 Å². The second-order valence-corrected chi connectivity index (χ2v) is 6.21. The number of aliphatic carboxylic acids is 1. The molecule has 130 valence electrons. The van der Waals surface area contributed by atoms with E-state index in [0.717, 1.165) is 49.1 Å². The molecule has 0 amide bonds. The number of pyridine rings is 1. The number of carboxylic acids is 1. The molecule has 0 radical (unpaired) electrons. The van der Waals surface area contributed by atoms with Crippen molar-refractivity contribution in [2.75, 3.05) is 0 Å². The molecule has 23 heavy (non-hydrogen) atoms. The topological polar surface area (TPSA) is 70.4 Å². The van der Waals surface area contributed by atoms with Crippen molar-refractivity contribution in [1.82, 2.24) is 4.98 Å². The Morgan fingerprint density at radius 1 is 1.09 bits per heavy atom. The van der Waals surface area contributed by atoms with Crippen molar-refractivity contribution in [2.24, 2.45) is 5.92 Å². The molecule has 0 spiro atoms. The molecule has 0 aliphatic heterocycles. The van der Waals surface area contributed by atoms with Gasteiger partial charge in [0.2, 0.25) is 0 Å². The van der Waals surface area contributed by atoms with Crippen LogP contribution in [0.5, 0.6) is 0 Å². The number of aliphatic hydroxyl groups excluding tert-OH is 1. The Morgan fingerprint density at radius 3 is 2.17 bits per heavy atom. The number of rotatable bonds is 11. The molecule has 0 saturated heterocycles. The average molecular weight is 321 g/mol. The summed E-state index contributed by atoms with van der Waals surface area (Å²) in [6.45, 7) is 6.25. The minimum atomic E-state index is -0.883. The Kier molecular flexibility index (Phi) is 8.85. The van der Waals surface area contributed by atoms with Crippen LogP contribution in [0.4, 0.5) is 0 Å². The van der Waals surface area contributed by atoms with Gasteiger partial charge in [-0.25, -0.2) is 0 Å². The summed E-state index contributed by atoms with van der Waals surface area (Å²) in [4.78, 5) is 15.9. The van der Waals surface area contributed by atoms with E-state index in [-0.39, 0.29) is 0 Å². The Morgan fingerprint density at radius 2 is 1.70 bits per heavy atom. The lowest BCUT2D eigenvalue weighted by atomic mass is 9.91. The highest BCUT2D eigenvalue weighted by Crippen LogP contribution is 2.19. The van der Waals surface area contributed by atoms with E-state index in [1.54, 1.807) is 0 Å². The first-order chi connectivity index (χ1) is 11.0. The van der Waals surface area contributed by atoms with Gasteiger partial charge in [-0.3, -0.25) is 9.78 Å². The number of carbonyl (C=O) groups is 1. The molecule has 0 aliphatic carbocycles. The highest BCUT2D eigenvalue weighted by Gasteiger charge is 2.25. The monoisotopic (exact) mass is 321 g/mol. The van der Waals surface area contributed by atoms with Gasteiger partial charge in [-0.05, 0) is 49.8 Å². The van der Waals surface area contributed by atoms with Crippen molar-refractivity contribution < 1.29 is 15.0 Å². The van der Waals surface area contributed by atoms with Crippen molar-refractivity contribution in [3.63, 3.8) is 0 Å². The molecule has 1 aromatic rings. The third kappa shape index (κ3) is 6.69. The standard InChI is InChI=1S/C19H31NO3/c1-4-7-8-9-17(19(22)23)18(21)11-10-14-12-15(5-2)20-16(6-3)13-14/h12-13,17-18,21H,4-11H2,1-3H3,(H,22,23). The summed E-state index contributed by atoms with van der Waals surface area (Å²) in [5, 5.41) is 19.6. The number of aromatic nitrogens is 1. The molecule has 1 aromatic heterocycles. The Balaban J connectivity index is 2.65. The van der Waals surface area contributed by atoms with E-state index < -0.39 is 18.0 Å². The van der Waals surface area contributed by atoms with Crippen molar-refractivity contribution in [3.05, 3.63) is 29.1 Å². The maximum Gasteiger partial charge on any atom is 0.309 e. The van der Waals surface area contributed by atoms with Crippen LogP contribution in [-0.2, 0) is 24.1 Å². The minimum Gasteiger partial charge on any atom is -0.481 e. The van der Waals surface area contributed by atoms with Gasteiger partial charge in [0, 0.05) is 11.4 Å². The maximum atomic E-state index is 11.4. The van der Waals surface area contributed by atoms with Crippen molar-refractivity contribution in [2.45, 2.75) is 78.2 Å². The van der Waals surface area contributed by atoms with E-state index in [9.17, 15) is 15.0 Å². The summed E-state index contributed by atoms with van der Waals surface area (Å²) >= 11 is 0. The first-order valence-electron chi connectivity index (χ1n) is 8.91. The average Bonchev–Trinajstić information content (AvgIpc) is 2.55. The van der Waals surface area contributed by atoms with Crippen LogP contribution >= 0.6 is 0 Å². The number of hydrogen-bond acceptors (Lipinski definition) is 3. The fourth-order valence-electron chi connectivity index (χ4n) is 2.84. The second kappa shape index (κ2) is 10.4. The molecule has 2 atom stereocenters. The largest absolute Gasteiger partial charge is 0.481 e. The molecule has 0 bridgehead atoms. The van der Waals surface area contributed by atoms with Crippen LogP contribution in [0.2, 0.25) is 0 Å². The van der Waals surface area contributed by atoms with Gasteiger partial charge >= 0.3 is 5.97 Å². The molecular weight excluding hydrogens is 290 g/mol. The van der Waals surface area contributed by atoms with Crippen LogP contribution in [0, 0.1) is 5.92 Å². The predicted octanol–water partition coefficient (Wildman–Crippen LogP) is 3.78. The fourth-order valence-corrected chi connectivity index (χ4v) is 2.84. The van der Waals surface area contributed by atoms with Gasteiger partial charge in [0.15, 0.2) is 0 Å². The number of unbranched alkanes of at least 4 members (excludes halogenated alkanes) is 2. The quantitative estimate of drug-likeness (QED) is 0.608. The number of aryl methyl sites for hydroxylation is 3. The van der Waals surface area contributed by atoms with E-state index >= 15 is 0 Å².